The molecule has 8 nitrogen and oxygen atoms in total. The van der Waals surface area contributed by atoms with Crippen LogP contribution in [0.4, 0.5) is 0 Å². The number of nitrogens with one attached hydrogen (secondary N) is 2. The van der Waals surface area contributed by atoms with Gasteiger partial charge in [-0.05, 0) is 24.3 Å². The van der Waals surface area contributed by atoms with E-state index in [-0.39, 0.29) is 5.56 Å². The summed E-state index contributed by atoms with van der Waals surface area (Å²) in [6.45, 7) is 0. The molecule has 138 valence electrons. The molecule has 0 saturated heterocycles. The van der Waals surface area contributed by atoms with E-state index in [9.17, 15) is 9.59 Å². The van der Waals surface area contributed by atoms with Crippen molar-refractivity contribution in [2.45, 2.75) is 0 Å². The lowest BCUT2D eigenvalue weighted by molar-refractivity contribution is 0.0845. The Morgan fingerprint density at radius 3 is 2.30 bits per heavy atom. The summed E-state index contributed by atoms with van der Waals surface area (Å²) in [5, 5.41) is 0.658. The highest BCUT2D eigenvalue weighted by Gasteiger charge is 2.19. The van der Waals surface area contributed by atoms with Crippen LogP contribution in [0.5, 0.6) is 11.5 Å². The van der Waals surface area contributed by atoms with Gasteiger partial charge in [0, 0.05) is 18.0 Å². The summed E-state index contributed by atoms with van der Waals surface area (Å²) in [5.41, 5.74) is 5.73. The van der Waals surface area contributed by atoms with E-state index in [4.69, 9.17) is 9.47 Å². The molecule has 0 fully saturated rings. The van der Waals surface area contributed by atoms with Gasteiger partial charge in [0.25, 0.3) is 11.8 Å². The molecule has 0 atom stereocenters. The summed E-state index contributed by atoms with van der Waals surface area (Å²) >= 11 is 1.19. The summed E-state index contributed by atoms with van der Waals surface area (Å²) in [7, 11) is 2.89. The Labute approximate surface area is 159 Å². The molecule has 0 aliphatic rings. The number of benzene rings is 1. The van der Waals surface area contributed by atoms with Gasteiger partial charge in [0.15, 0.2) is 0 Å². The van der Waals surface area contributed by atoms with Gasteiger partial charge in [-0.3, -0.25) is 25.4 Å². The Morgan fingerprint density at radius 1 is 0.963 bits per heavy atom. The monoisotopic (exact) mass is 384 g/mol. The lowest BCUT2D eigenvalue weighted by atomic mass is 10.1. The zero-order valence-electron chi connectivity index (χ0n) is 14.6. The molecule has 2 aromatic heterocycles. The van der Waals surface area contributed by atoms with Gasteiger partial charge >= 0.3 is 0 Å². The third-order valence-electron chi connectivity index (χ3n) is 3.58. The third kappa shape index (κ3) is 4.04. The Balaban J connectivity index is 1.70. The number of hydrogen-bond donors (Lipinski definition) is 2. The quantitative estimate of drug-likeness (QED) is 0.655. The van der Waals surface area contributed by atoms with Crippen LogP contribution in [0, 0.1) is 0 Å². The molecule has 2 N–H and O–H groups in total. The van der Waals surface area contributed by atoms with Crippen LogP contribution in [0.3, 0.4) is 0 Å². The second-order valence-electron chi connectivity index (χ2n) is 5.22. The summed E-state index contributed by atoms with van der Waals surface area (Å²) < 4.78 is 10.4. The van der Waals surface area contributed by atoms with Crippen molar-refractivity contribution >= 4 is 23.2 Å². The molecule has 1 aromatic carbocycles. The maximum atomic E-state index is 12.5. The number of carbonyl (C=O) groups excluding carboxylic acids is 2. The Morgan fingerprint density at radius 2 is 1.67 bits per heavy atom. The van der Waals surface area contributed by atoms with Crippen LogP contribution < -0.4 is 20.3 Å². The Kier molecular flexibility index (Phi) is 5.62. The number of rotatable bonds is 5. The summed E-state index contributed by atoms with van der Waals surface area (Å²) in [4.78, 5) is 33.3. The molecule has 0 aliphatic heterocycles. The summed E-state index contributed by atoms with van der Waals surface area (Å²) in [5.74, 6) is -0.380. The van der Waals surface area contributed by atoms with Crippen LogP contribution in [0.15, 0.2) is 48.9 Å². The molecule has 0 bridgehead atoms. The molecule has 0 unspecified atom stereocenters. The lowest BCUT2D eigenvalue weighted by Gasteiger charge is -2.13. The van der Waals surface area contributed by atoms with E-state index >= 15 is 0 Å². The van der Waals surface area contributed by atoms with Crippen LogP contribution in [-0.2, 0) is 0 Å². The molecule has 27 heavy (non-hydrogen) atoms. The van der Waals surface area contributed by atoms with Crippen molar-refractivity contribution in [1.82, 2.24) is 20.8 Å². The SMILES string of the molecule is COc1cccc(OC)c1C(=O)NNC(=O)c1cnc(-c2cccnc2)s1. The first-order chi connectivity index (χ1) is 13.1. The van der Waals surface area contributed by atoms with E-state index in [0.29, 0.717) is 21.4 Å². The molecule has 2 amide bonds. The van der Waals surface area contributed by atoms with Crippen molar-refractivity contribution in [3.63, 3.8) is 0 Å². The molecular weight excluding hydrogens is 368 g/mol. The molecule has 3 aromatic rings. The molecule has 0 spiro atoms. The van der Waals surface area contributed by atoms with Crippen LogP contribution >= 0.6 is 11.3 Å². The van der Waals surface area contributed by atoms with Gasteiger partial charge in [0.1, 0.15) is 26.9 Å². The van der Waals surface area contributed by atoms with Crippen molar-refractivity contribution in [2.24, 2.45) is 0 Å². The maximum absolute atomic E-state index is 12.5. The minimum atomic E-state index is -0.561. The maximum Gasteiger partial charge on any atom is 0.281 e. The van der Waals surface area contributed by atoms with Gasteiger partial charge in [-0.2, -0.15) is 0 Å². The summed E-state index contributed by atoms with van der Waals surface area (Å²) in [6.07, 6.45) is 4.76. The van der Waals surface area contributed by atoms with Gasteiger partial charge in [0.05, 0.1) is 20.4 Å². The van der Waals surface area contributed by atoms with E-state index in [0.717, 1.165) is 5.56 Å². The number of hydrazine groups is 1. The molecule has 3 rings (SSSR count). The average molecular weight is 384 g/mol. The topological polar surface area (TPSA) is 102 Å². The van der Waals surface area contributed by atoms with Gasteiger partial charge in [-0.25, -0.2) is 4.98 Å². The largest absolute Gasteiger partial charge is 0.496 e. The number of carbonyl (C=O) groups is 2. The number of ether oxygens (including phenoxy) is 2. The number of nitrogens with zero attached hydrogens (tertiary/aromatic N) is 2. The van der Waals surface area contributed by atoms with Crippen molar-refractivity contribution in [3.8, 4) is 22.1 Å². The first kappa shape index (κ1) is 18.3. The molecule has 0 radical (unpaired) electrons. The highest BCUT2D eigenvalue weighted by atomic mass is 32.1. The van der Waals surface area contributed by atoms with Crippen molar-refractivity contribution < 1.29 is 19.1 Å². The molecular formula is C18H16N4O4S. The Bertz CT molecular complexity index is 937. The van der Waals surface area contributed by atoms with Gasteiger partial charge < -0.3 is 9.47 Å². The van der Waals surface area contributed by atoms with Crippen molar-refractivity contribution in [2.75, 3.05) is 14.2 Å². The standard InChI is InChI=1S/C18H16N4O4S/c1-25-12-6-3-7-13(26-2)15(12)17(24)22-21-16(23)14-10-20-18(27-14)11-5-4-8-19-9-11/h3-10H,1-2H3,(H,21,23)(H,22,24). The normalized spacial score (nSPS) is 10.1. The van der Waals surface area contributed by atoms with Crippen molar-refractivity contribution in [1.29, 1.82) is 0 Å². The molecule has 2 heterocycles. The highest BCUT2D eigenvalue weighted by Crippen LogP contribution is 2.28. The van der Waals surface area contributed by atoms with E-state index in [2.05, 4.69) is 20.8 Å². The first-order valence-corrected chi connectivity index (χ1v) is 8.63. The number of pyridine rings is 1. The average Bonchev–Trinajstić information content (AvgIpc) is 3.22. The Hall–Kier alpha value is -3.46. The molecule has 9 heteroatoms. The van der Waals surface area contributed by atoms with Crippen LogP contribution in [0.1, 0.15) is 20.0 Å². The zero-order valence-corrected chi connectivity index (χ0v) is 15.4. The number of thiazole rings is 1. The predicted molar refractivity (Wildman–Crippen MR) is 99.8 cm³/mol. The molecule has 0 aliphatic carbocycles. The minimum Gasteiger partial charge on any atom is -0.496 e. The summed E-state index contributed by atoms with van der Waals surface area (Å²) in [6, 6.07) is 8.59. The minimum absolute atomic E-state index is 0.183. The van der Waals surface area contributed by atoms with Gasteiger partial charge in [-0.1, -0.05) is 6.07 Å². The van der Waals surface area contributed by atoms with Gasteiger partial charge in [-0.15, -0.1) is 11.3 Å². The molecule has 0 saturated carbocycles. The van der Waals surface area contributed by atoms with E-state index in [1.54, 1.807) is 36.7 Å². The highest BCUT2D eigenvalue weighted by molar-refractivity contribution is 7.16. The number of aromatic nitrogens is 2. The van der Waals surface area contributed by atoms with Crippen LogP contribution in [0.2, 0.25) is 0 Å². The van der Waals surface area contributed by atoms with E-state index in [1.807, 2.05) is 6.07 Å². The fourth-order valence-electron chi connectivity index (χ4n) is 2.31. The van der Waals surface area contributed by atoms with E-state index < -0.39 is 11.8 Å². The van der Waals surface area contributed by atoms with Crippen molar-refractivity contribution in [3.05, 3.63) is 59.4 Å². The first-order valence-electron chi connectivity index (χ1n) is 7.82. The second-order valence-corrected chi connectivity index (χ2v) is 6.25. The fraction of sp³-hybridized carbons (Fsp3) is 0.111. The number of amides is 2. The van der Waals surface area contributed by atoms with E-state index in [1.165, 1.54) is 31.8 Å². The smallest absolute Gasteiger partial charge is 0.281 e. The number of hydrogen-bond acceptors (Lipinski definition) is 7. The predicted octanol–water partition coefficient (Wildman–Crippen LogP) is 2.30. The second kappa shape index (κ2) is 8.28. The third-order valence-corrected chi connectivity index (χ3v) is 4.63. The fourth-order valence-corrected chi connectivity index (χ4v) is 3.12. The van der Waals surface area contributed by atoms with Crippen LogP contribution in [0.25, 0.3) is 10.6 Å². The number of methoxy groups -OCH3 is 2. The van der Waals surface area contributed by atoms with Crippen LogP contribution in [-0.4, -0.2) is 36.0 Å². The lowest BCUT2D eigenvalue weighted by Crippen LogP contribution is -2.41. The zero-order chi connectivity index (χ0) is 19.2. The van der Waals surface area contributed by atoms with Gasteiger partial charge in [0.2, 0.25) is 0 Å².